The molecule has 0 atom stereocenters. The molecule has 4 heteroatoms. The summed E-state index contributed by atoms with van der Waals surface area (Å²) in [4.78, 5) is 12.1. The monoisotopic (exact) mass is 285 g/mol. The Hall–Kier alpha value is -2.26. The smallest absolute Gasteiger partial charge is 0.340 e. The van der Waals surface area contributed by atoms with E-state index in [4.69, 9.17) is 16.3 Å². The average molecular weight is 286 g/mol. The van der Waals surface area contributed by atoms with Gasteiger partial charge in [0.1, 0.15) is 0 Å². The first-order valence-electron chi connectivity index (χ1n) is 6.14. The quantitative estimate of drug-likeness (QED) is 0.665. The number of halogens is 1. The Labute approximate surface area is 121 Å². The normalized spacial score (nSPS) is 10.7. The number of fused-ring (bicyclic) bond motifs is 1. The largest absolute Gasteiger partial charge is 0.465 e. The van der Waals surface area contributed by atoms with E-state index >= 15 is 0 Å². The first-order chi connectivity index (χ1) is 9.70. The van der Waals surface area contributed by atoms with Crippen LogP contribution in [0.25, 0.3) is 16.6 Å². The van der Waals surface area contributed by atoms with Crippen LogP contribution in [0.4, 0.5) is 0 Å². The van der Waals surface area contributed by atoms with Crippen molar-refractivity contribution in [2.75, 3.05) is 7.11 Å². The number of esters is 1. The highest BCUT2D eigenvalue weighted by Gasteiger charge is 2.19. The molecular weight excluding hydrogens is 274 g/mol. The Morgan fingerprint density at radius 2 is 1.90 bits per heavy atom. The molecule has 0 N–H and O–H groups in total. The highest BCUT2D eigenvalue weighted by atomic mass is 35.5. The SMILES string of the molecule is COC(=O)c1c(-c2ccc(Cl)cc2)cn2ccccc12. The summed E-state index contributed by atoms with van der Waals surface area (Å²) in [6, 6.07) is 13.1. The fourth-order valence-electron chi connectivity index (χ4n) is 2.29. The van der Waals surface area contributed by atoms with Crippen molar-refractivity contribution in [3.63, 3.8) is 0 Å². The second kappa shape index (κ2) is 5.02. The molecule has 3 rings (SSSR count). The number of methoxy groups -OCH3 is 1. The fraction of sp³-hybridized carbons (Fsp3) is 0.0625. The topological polar surface area (TPSA) is 30.7 Å². The Morgan fingerprint density at radius 1 is 1.15 bits per heavy atom. The molecule has 0 saturated carbocycles. The number of ether oxygens (including phenoxy) is 1. The van der Waals surface area contributed by atoms with E-state index in [1.807, 2.05) is 47.1 Å². The Bertz CT molecular complexity index is 775. The van der Waals surface area contributed by atoms with E-state index in [1.54, 1.807) is 12.1 Å². The average Bonchev–Trinajstić information content (AvgIpc) is 2.86. The maximum atomic E-state index is 12.1. The van der Waals surface area contributed by atoms with Gasteiger partial charge in [-0.2, -0.15) is 0 Å². The van der Waals surface area contributed by atoms with E-state index in [2.05, 4.69) is 0 Å². The molecule has 0 amide bonds. The predicted molar refractivity (Wildman–Crippen MR) is 79.2 cm³/mol. The van der Waals surface area contributed by atoms with Gasteiger partial charge in [-0.1, -0.05) is 29.8 Å². The summed E-state index contributed by atoms with van der Waals surface area (Å²) in [7, 11) is 1.39. The Balaban J connectivity index is 2.29. The molecule has 0 aliphatic rings. The molecule has 0 spiro atoms. The molecule has 0 fully saturated rings. The number of pyridine rings is 1. The molecule has 2 heterocycles. The second-order valence-electron chi connectivity index (χ2n) is 4.41. The van der Waals surface area contributed by atoms with E-state index in [9.17, 15) is 4.79 Å². The van der Waals surface area contributed by atoms with Gasteiger partial charge in [0.25, 0.3) is 0 Å². The van der Waals surface area contributed by atoms with E-state index in [-0.39, 0.29) is 5.97 Å². The summed E-state index contributed by atoms with van der Waals surface area (Å²) < 4.78 is 6.82. The van der Waals surface area contributed by atoms with Gasteiger partial charge in [0.2, 0.25) is 0 Å². The molecular formula is C16H12ClNO2. The van der Waals surface area contributed by atoms with Crippen molar-refractivity contribution in [2.24, 2.45) is 0 Å². The minimum atomic E-state index is -0.344. The van der Waals surface area contributed by atoms with Gasteiger partial charge < -0.3 is 9.14 Å². The molecule has 3 nitrogen and oxygen atoms in total. The van der Waals surface area contributed by atoms with Crippen LogP contribution in [0.5, 0.6) is 0 Å². The molecule has 3 aromatic rings. The Kier molecular flexibility index (Phi) is 3.20. The maximum absolute atomic E-state index is 12.1. The summed E-state index contributed by atoms with van der Waals surface area (Å²) in [5.74, 6) is -0.344. The first-order valence-corrected chi connectivity index (χ1v) is 6.52. The van der Waals surface area contributed by atoms with Crippen molar-refractivity contribution in [1.29, 1.82) is 0 Å². The van der Waals surface area contributed by atoms with Crippen molar-refractivity contribution in [2.45, 2.75) is 0 Å². The van der Waals surface area contributed by atoms with Gasteiger partial charge in [0.15, 0.2) is 0 Å². The summed E-state index contributed by atoms with van der Waals surface area (Å²) in [6.45, 7) is 0. The standard InChI is InChI=1S/C16H12ClNO2/c1-20-16(19)15-13(11-5-7-12(17)8-6-11)10-18-9-3-2-4-14(15)18/h2-10H,1H3. The van der Waals surface area contributed by atoms with Crippen LogP contribution in [0, 0.1) is 0 Å². The number of nitrogens with zero attached hydrogens (tertiary/aromatic N) is 1. The van der Waals surface area contributed by atoms with Crippen molar-refractivity contribution < 1.29 is 9.53 Å². The van der Waals surface area contributed by atoms with Gasteiger partial charge in [-0.3, -0.25) is 0 Å². The lowest BCUT2D eigenvalue weighted by atomic mass is 10.0. The zero-order chi connectivity index (χ0) is 14.1. The molecule has 2 aromatic heterocycles. The number of carbonyl (C=O) groups excluding carboxylic acids is 1. The zero-order valence-corrected chi connectivity index (χ0v) is 11.6. The molecule has 20 heavy (non-hydrogen) atoms. The van der Waals surface area contributed by atoms with E-state index < -0.39 is 0 Å². The van der Waals surface area contributed by atoms with Crippen LogP contribution in [0.3, 0.4) is 0 Å². The second-order valence-corrected chi connectivity index (χ2v) is 4.85. The summed E-state index contributed by atoms with van der Waals surface area (Å²) in [5.41, 5.74) is 3.15. The fourth-order valence-corrected chi connectivity index (χ4v) is 2.41. The van der Waals surface area contributed by atoms with Gasteiger partial charge >= 0.3 is 5.97 Å². The summed E-state index contributed by atoms with van der Waals surface area (Å²) >= 11 is 5.91. The lowest BCUT2D eigenvalue weighted by Gasteiger charge is -2.03. The minimum Gasteiger partial charge on any atom is -0.465 e. The molecule has 0 radical (unpaired) electrons. The summed E-state index contributed by atoms with van der Waals surface area (Å²) in [5, 5.41) is 0.664. The third-order valence-electron chi connectivity index (χ3n) is 3.23. The molecule has 1 aromatic carbocycles. The van der Waals surface area contributed by atoms with Gasteiger partial charge in [-0.25, -0.2) is 4.79 Å². The lowest BCUT2D eigenvalue weighted by Crippen LogP contribution is -2.02. The minimum absolute atomic E-state index is 0.344. The predicted octanol–water partition coefficient (Wildman–Crippen LogP) is 4.05. The number of carbonyl (C=O) groups is 1. The van der Waals surface area contributed by atoms with E-state index in [1.165, 1.54) is 7.11 Å². The van der Waals surface area contributed by atoms with Crippen LogP contribution in [-0.4, -0.2) is 17.5 Å². The number of hydrogen-bond donors (Lipinski definition) is 0. The van der Waals surface area contributed by atoms with Crippen molar-refractivity contribution >= 4 is 23.1 Å². The molecule has 100 valence electrons. The van der Waals surface area contributed by atoms with Crippen molar-refractivity contribution in [3.05, 3.63) is 65.4 Å². The first kappa shape index (κ1) is 12.8. The van der Waals surface area contributed by atoms with Crippen LogP contribution in [-0.2, 0) is 4.74 Å². The maximum Gasteiger partial charge on any atom is 0.340 e. The highest BCUT2D eigenvalue weighted by Crippen LogP contribution is 2.30. The van der Waals surface area contributed by atoms with E-state index in [0.717, 1.165) is 16.6 Å². The molecule has 0 aliphatic heterocycles. The molecule has 0 bridgehead atoms. The van der Waals surface area contributed by atoms with Crippen LogP contribution < -0.4 is 0 Å². The number of benzene rings is 1. The molecule has 0 saturated heterocycles. The Morgan fingerprint density at radius 3 is 2.60 bits per heavy atom. The lowest BCUT2D eigenvalue weighted by molar-refractivity contribution is 0.0604. The van der Waals surface area contributed by atoms with Gasteiger partial charge in [0.05, 0.1) is 18.2 Å². The number of rotatable bonds is 2. The zero-order valence-electron chi connectivity index (χ0n) is 10.8. The van der Waals surface area contributed by atoms with Gasteiger partial charge in [-0.05, 0) is 29.8 Å². The van der Waals surface area contributed by atoms with Crippen LogP contribution in [0.15, 0.2) is 54.9 Å². The number of hydrogen-bond acceptors (Lipinski definition) is 2. The third-order valence-corrected chi connectivity index (χ3v) is 3.48. The van der Waals surface area contributed by atoms with E-state index in [0.29, 0.717) is 10.6 Å². The van der Waals surface area contributed by atoms with Gasteiger partial charge in [-0.15, -0.1) is 0 Å². The van der Waals surface area contributed by atoms with Crippen molar-refractivity contribution in [3.8, 4) is 11.1 Å². The van der Waals surface area contributed by atoms with Crippen molar-refractivity contribution in [1.82, 2.24) is 4.40 Å². The highest BCUT2D eigenvalue weighted by molar-refractivity contribution is 6.30. The number of aromatic nitrogens is 1. The molecule has 0 unspecified atom stereocenters. The summed E-state index contributed by atoms with van der Waals surface area (Å²) in [6.07, 6.45) is 3.83. The van der Waals surface area contributed by atoms with Gasteiger partial charge in [0, 0.05) is 23.0 Å². The molecule has 0 aliphatic carbocycles. The third kappa shape index (κ3) is 2.06. The van der Waals surface area contributed by atoms with Crippen LogP contribution >= 0.6 is 11.6 Å². The van der Waals surface area contributed by atoms with Crippen LogP contribution in [0.2, 0.25) is 5.02 Å². The van der Waals surface area contributed by atoms with Crippen LogP contribution in [0.1, 0.15) is 10.4 Å².